The number of carbonyl (C=O) groups excluding carboxylic acids is 2. The Morgan fingerprint density at radius 1 is 0.718 bits per heavy atom. The van der Waals surface area contributed by atoms with Gasteiger partial charge in [0, 0.05) is 17.5 Å². The molecule has 0 radical (unpaired) electrons. The van der Waals surface area contributed by atoms with Gasteiger partial charge in [-0.3, -0.25) is 0 Å². The molecule has 8 heteroatoms. The van der Waals surface area contributed by atoms with Crippen LogP contribution in [-0.4, -0.2) is 31.8 Å². The van der Waals surface area contributed by atoms with E-state index in [1.165, 1.54) is 6.08 Å². The maximum Gasteiger partial charge on any atom is 0.338 e. The summed E-state index contributed by atoms with van der Waals surface area (Å²) in [5, 5.41) is 0. The molecule has 3 rings (SSSR count). The zero-order valence-electron chi connectivity index (χ0n) is 22.3. The number of hydrogen-bond donors (Lipinski definition) is 2. The zero-order chi connectivity index (χ0) is 27.9. The standard InChI is InChI=1S/C31H36N2O6/c1-2-3-17-36-28-12-14-29(15-13-28)39-30(34)16-9-23-7-10-27(11-8-23)37-18-5-4-6-19-38-31(35)24-20-25(32)22-26(33)21-24/h7-16,20-22H,2-6,17-19,32-33H2,1H3. The molecule has 0 atom stereocenters. The van der Waals surface area contributed by atoms with E-state index in [4.69, 9.17) is 30.4 Å². The average Bonchev–Trinajstić information content (AvgIpc) is 2.92. The number of nitrogen functional groups attached to an aromatic ring is 2. The van der Waals surface area contributed by atoms with Crippen molar-refractivity contribution in [3.63, 3.8) is 0 Å². The minimum atomic E-state index is -0.460. The lowest BCUT2D eigenvalue weighted by molar-refractivity contribution is -0.128. The van der Waals surface area contributed by atoms with Crippen LogP contribution in [-0.2, 0) is 9.53 Å². The lowest BCUT2D eigenvalue weighted by Crippen LogP contribution is -2.08. The summed E-state index contributed by atoms with van der Waals surface area (Å²) in [7, 11) is 0. The maximum absolute atomic E-state index is 12.1. The number of anilines is 2. The van der Waals surface area contributed by atoms with Gasteiger partial charge in [0.1, 0.15) is 17.2 Å². The van der Waals surface area contributed by atoms with E-state index in [1.807, 2.05) is 24.3 Å². The number of esters is 2. The van der Waals surface area contributed by atoms with Crippen molar-refractivity contribution in [2.24, 2.45) is 0 Å². The van der Waals surface area contributed by atoms with Crippen LogP contribution in [0.15, 0.2) is 72.8 Å². The summed E-state index contributed by atoms with van der Waals surface area (Å²) in [4.78, 5) is 24.2. The minimum absolute atomic E-state index is 0.315. The quantitative estimate of drug-likeness (QED) is 0.0797. The second-order valence-electron chi connectivity index (χ2n) is 8.93. The monoisotopic (exact) mass is 532 g/mol. The first kappa shape index (κ1) is 29.1. The summed E-state index contributed by atoms with van der Waals surface area (Å²) in [5.74, 6) is 1.05. The van der Waals surface area contributed by atoms with Crippen LogP contribution in [0, 0.1) is 0 Å². The van der Waals surface area contributed by atoms with Gasteiger partial charge in [-0.25, -0.2) is 9.59 Å². The Balaban J connectivity index is 1.29. The largest absolute Gasteiger partial charge is 0.494 e. The molecule has 3 aromatic carbocycles. The Morgan fingerprint density at radius 2 is 1.28 bits per heavy atom. The number of ether oxygens (including phenoxy) is 4. The van der Waals surface area contributed by atoms with E-state index < -0.39 is 11.9 Å². The van der Waals surface area contributed by atoms with E-state index >= 15 is 0 Å². The van der Waals surface area contributed by atoms with Gasteiger partial charge < -0.3 is 30.4 Å². The van der Waals surface area contributed by atoms with Crippen molar-refractivity contribution in [1.82, 2.24) is 0 Å². The van der Waals surface area contributed by atoms with E-state index in [9.17, 15) is 9.59 Å². The molecule has 0 heterocycles. The van der Waals surface area contributed by atoms with E-state index in [-0.39, 0.29) is 0 Å². The molecule has 0 fully saturated rings. The summed E-state index contributed by atoms with van der Waals surface area (Å²) in [6, 6.07) is 19.1. The van der Waals surface area contributed by atoms with Gasteiger partial charge in [0.25, 0.3) is 0 Å². The van der Waals surface area contributed by atoms with Crippen LogP contribution in [0.1, 0.15) is 54.9 Å². The molecule has 0 aromatic heterocycles. The van der Waals surface area contributed by atoms with E-state index in [0.29, 0.717) is 42.5 Å². The van der Waals surface area contributed by atoms with Gasteiger partial charge in [-0.1, -0.05) is 25.5 Å². The molecular weight excluding hydrogens is 496 g/mol. The predicted octanol–water partition coefficient (Wildman–Crippen LogP) is 6.05. The number of hydrogen-bond acceptors (Lipinski definition) is 8. The topological polar surface area (TPSA) is 123 Å². The fraction of sp³-hybridized carbons (Fsp3) is 0.290. The van der Waals surface area contributed by atoms with Gasteiger partial charge in [-0.2, -0.15) is 0 Å². The molecule has 0 saturated carbocycles. The highest BCUT2D eigenvalue weighted by atomic mass is 16.5. The Kier molecular flexibility index (Phi) is 11.7. The van der Waals surface area contributed by atoms with Crippen molar-refractivity contribution >= 4 is 29.4 Å². The van der Waals surface area contributed by atoms with Crippen molar-refractivity contribution < 1.29 is 28.5 Å². The number of carbonyl (C=O) groups is 2. The van der Waals surface area contributed by atoms with Crippen LogP contribution in [0.4, 0.5) is 11.4 Å². The van der Waals surface area contributed by atoms with E-state index in [0.717, 1.165) is 49.2 Å². The fourth-order valence-electron chi connectivity index (χ4n) is 3.54. The Hall–Kier alpha value is -4.46. The molecule has 0 unspecified atom stereocenters. The normalized spacial score (nSPS) is 10.8. The van der Waals surface area contributed by atoms with Crippen molar-refractivity contribution in [2.75, 3.05) is 31.3 Å². The Labute approximate surface area is 229 Å². The predicted molar refractivity (Wildman–Crippen MR) is 153 cm³/mol. The minimum Gasteiger partial charge on any atom is -0.494 e. The van der Waals surface area contributed by atoms with Crippen molar-refractivity contribution in [3.05, 3.63) is 83.9 Å². The lowest BCUT2D eigenvalue weighted by atomic mass is 10.2. The number of benzene rings is 3. The number of nitrogens with two attached hydrogens (primary N) is 2. The molecular formula is C31H36N2O6. The third-order valence-corrected chi connectivity index (χ3v) is 5.60. The van der Waals surface area contributed by atoms with Crippen LogP contribution < -0.4 is 25.7 Å². The third-order valence-electron chi connectivity index (χ3n) is 5.60. The van der Waals surface area contributed by atoms with Crippen LogP contribution in [0.2, 0.25) is 0 Å². The highest BCUT2D eigenvalue weighted by Crippen LogP contribution is 2.19. The van der Waals surface area contributed by atoms with Crippen LogP contribution in [0.3, 0.4) is 0 Å². The van der Waals surface area contributed by atoms with E-state index in [2.05, 4.69) is 6.92 Å². The molecule has 0 saturated heterocycles. The van der Waals surface area contributed by atoms with Crippen molar-refractivity contribution in [3.8, 4) is 17.2 Å². The summed E-state index contributed by atoms with van der Waals surface area (Å²) in [5.41, 5.74) is 13.5. The SMILES string of the molecule is CCCCOc1ccc(OC(=O)C=Cc2ccc(OCCCCCOC(=O)c3cc(N)cc(N)c3)cc2)cc1. The maximum atomic E-state index is 12.1. The number of rotatable bonds is 15. The summed E-state index contributed by atoms with van der Waals surface area (Å²) < 4.78 is 22.0. The van der Waals surface area contributed by atoms with Gasteiger partial charge in [0.2, 0.25) is 0 Å². The van der Waals surface area contributed by atoms with Gasteiger partial charge in [0.15, 0.2) is 0 Å². The highest BCUT2D eigenvalue weighted by Gasteiger charge is 2.08. The lowest BCUT2D eigenvalue weighted by Gasteiger charge is -2.08. The first-order valence-electron chi connectivity index (χ1n) is 13.1. The molecule has 4 N–H and O–H groups in total. The molecule has 0 spiro atoms. The summed E-state index contributed by atoms with van der Waals surface area (Å²) in [6.07, 6.45) is 7.54. The highest BCUT2D eigenvalue weighted by molar-refractivity contribution is 5.91. The second kappa shape index (κ2) is 15.7. The molecule has 0 aliphatic carbocycles. The average molecular weight is 533 g/mol. The molecule has 3 aromatic rings. The van der Waals surface area contributed by atoms with Gasteiger partial charge in [-0.15, -0.1) is 0 Å². The third kappa shape index (κ3) is 10.8. The molecule has 0 bridgehead atoms. The smallest absolute Gasteiger partial charge is 0.338 e. The van der Waals surface area contributed by atoms with E-state index in [1.54, 1.807) is 48.5 Å². The molecule has 39 heavy (non-hydrogen) atoms. The van der Waals surface area contributed by atoms with Crippen LogP contribution >= 0.6 is 0 Å². The molecule has 0 amide bonds. The molecule has 0 aliphatic heterocycles. The van der Waals surface area contributed by atoms with Crippen LogP contribution in [0.25, 0.3) is 6.08 Å². The summed E-state index contributed by atoms with van der Waals surface area (Å²) in [6.45, 7) is 3.64. The van der Waals surface area contributed by atoms with Gasteiger partial charge in [-0.05, 0) is 91.9 Å². The first-order valence-corrected chi connectivity index (χ1v) is 13.1. The Morgan fingerprint density at radius 3 is 1.92 bits per heavy atom. The summed E-state index contributed by atoms with van der Waals surface area (Å²) >= 11 is 0. The van der Waals surface area contributed by atoms with Crippen LogP contribution in [0.5, 0.6) is 17.2 Å². The molecule has 0 aliphatic rings. The number of unbranched alkanes of at least 4 members (excludes halogenated alkanes) is 3. The molecule has 8 nitrogen and oxygen atoms in total. The molecule has 206 valence electrons. The first-order chi connectivity index (χ1) is 18.9. The Bertz CT molecular complexity index is 1200. The van der Waals surface area contributed by atoms with Crippen molar-refractivity contribution in [1.29, 1.82) is 0 Å². The van der Waals surface area contributed by atoms with Crippen molar-refractivity contribution in [2.45, 2.75) is 39.0 Å². The van der Waals surface area contributed by atoms with Gasteiger partial charge in [0.05, 0.1) is 25.4 Å². The van der Waals surface area contributed by atoms with Gasteiger partial charge >= 0.3 is 11.9 Å². The fourth-order valence-corrected chi connectivity index (χ4v) is 3.54. The second-order valence-corrected chi connectivity index (χ2v) is 8.93. The zero-order valence-corrected chi connectivity index (χ0v) is 22.3.